The van der Waals surface area contributed by atoms with Crippen LogP contribution in [-0.4, -0.2) is 7.05 Å². The van der Waals surface area contributed by atoms with Gasteiger partial charge in [-0.3, -0.25) is 0 Å². The van der Waals surface area contributed by atoms with Crippen LogP contribution in [0.5, 0.6) is 0 Å². The molecule has 0 atom stereocenters. The van der Waals surface area contributed by atoms with Crippen LogP contribution < -0.4 is 4.90 Å². The van der Waals surface area contributed by atoms with Crippen LogP contribution in [0.15, 0.2) is 46.9 Å². The first kappa shape index (κ1) is 14.1. The highest BCUT2D eigenvalue weighted by Crippen LogP contribution is 2.25. The Labute approximate surface area is 126 Å². The van der Waals surface area contributed by atoms with E-state index in [0.29, 0.717) is 17.7 Å². The van der Waals surface area contributed by atoms with E-state index in [4.69, 9.17) is 5.26 Å². The summed E-state index contributed by atoms with van der Waals surface area (Å²) < 4.78 is 0.934. The Balaban J connectivity index is 2.28. The number of hydrogen-bond donors (Lipinski definition) is 0. The lowest BCUT2D eigenvalue weighted by Crippen LogP contribution is -2.17. The third kappa shape index (κ3) is 3.17. The maximum absolute atomic E-state index is 9.17. The van der Waals surface area contributed by atoms with Crippen molar-refractivity contribution in [2.75, 3.05) is 11.9 Å². The van der Waals surface area contributed by atoms with Gasteiger partial charge in [-0.25, -0.2) is 0 Å². The fourth-order valence-corrected chi connectivity index (χ4v) is 2.36. The van der Waals surface area contributed by atoms with Gasteiger partial charge in [-0.2, -0.15) is 10.5 Å². The first-order chi connectivity index (χ1) is 9.63. The molecule has 0 heterocycles. The Bertz CT molecular complexity index is 710. The molecule has 2 aromatic carbocycles. The van der Waals surface area contributed by atoms with E-state index in [-0.39, 0.29) is 0 Å². The smallest absolute Gasteiger partial charge is 0.101 e. The van der Waals surface area contributed by atoms with Crippen molar-refractivity contribution in [3.8, 4) is 12.1 Å². The molecule has 0 N–H and O–H groups in total. The summed E-state index contributed by atoms with van der Waals surface area (Å²) in [6.07, 6.45) is 0. The lowest BCUT2D eigenvalue weighted by atomic mass is 10.1. The maximum Gasteiger partial charge on any atom is 0.101 e. The van der Waals surface area contributed by atoms with Gasteiger partial charge in [-0.15, -0.1) is 0 Å². The van der Waals surface area contributed by atoms with Gasteiger partial charge in [0.05, 0.1) is 22.9 Å². The fourth-order valence-electron chi connectivity index (χ4n) is 2.01. The molecular weight excluding hydrogens is 314 g/mol. The third-order valence-corrected chi connectivity index (χ3v) is 3.46. The molecule has 0 unspecified atom stereocenters. The summed E-state index contributed by atoms with van der Waals surface area (Å²) in [5.74, 6) is 0. The van der Waals surface area contributed by atoms with Gasteiger partial charge in [0.15, 0.2) is 0 Å². The van der Waals surface area contributed by atoms with Crippen LogP contribution in [0.25, 0.3) is 0 Å². The van der Waals surface area contributed by atoms with Crippen LogP contribution in [0.4, 0.5) is 5.69 Å². The van der Waals surface area contributed by atoms with Crippen molar-refractivity contribution in [2.45, 2.75) is 6.54 Å². The number of anilines is 1. The Morgan fingerprint density at radius 3 is 2.60 bits per heavy atom. The minimum Gasteiger partial charge on any atom is -0.369 e. The van der Waals surface area contributed by atoms with Crippen LogP contribution in [0.2, 0.25) is 0 Å². The second kappa shape index (κ2) is 6.23. The van der Waals surface area contributed by atoms with Crippen molar-refractivity contribution in [3.05, 3.63) is 63.6 Å². The molecule has 98 valence electrons. The van der Waals surface area contributed by atoms with Crippen molar-refractivity contribution in [1.29, 1.82) is 10.5 Å². The van der Waals surface area contributed by atoms with Crippen molar-refractivity contribution >= 4 is 21.6 Å². The van der Waals surface area contributed by atoms with Gasteiger partial charge in [0, 0.05) is 18.1 Å². The molecule has 0 bridgehead atoms. The van der Waals surface area contributed by atoms with Crippen molar-refractivity contribution in [2.24, 2.45) is 0 Å². The van der Waals surface area contributed by atoms with E-state index in [2.05, 4.69) is 28.1 Å². The van der Waals surface area contributed by atoms with Crippen molar-refractivity contribution in [3.63, 3.8) is 0 Å². The second-order valence-corrected chi connectivity index (χ2v) is 5.36. The molecular formula is C16H12BrN3. The molecule has 0 aliphatic heterocycles. The molecule has 2 rings (SSSR count). The minimum atomic E-state index is 0.632. The number of benzene rings is 2. The number of rotatable bonds is 3. The topological polar surface area (TPSA) is 50.8 Å². The number of hydrogen-bond acceptors (Lipinski definition) is 3. The van der Waals surface area contributed by atoms with Crippen LogP contribution >= 0.6 is 15.9 Å². The predicted molar refractivity (Wildman–Crippen MR) is 82.1 cm³/mol. The molecule has 3 nitrogen and oxygen atoms in total. The summed E-state index contributed by atoms with van der Waals surface area (Å²) in [5, 5.41) is 18.1. The monoisotopic (exact) mass is 325 g/mol. The van der Waals surface area contributed by atoms with Crippen LogP contribution in [0.1, 0.15) is 16.7 Å². The average molecular weight is 326 g/mol. The quantitative estimate of drug-likeness (QED) is 0.861. The lowest BCUT2D eigenvalue weighted by molar-refractivity contribution is 0.919. The molecule has 0 radical (unpaired) electrons. The maximum atomic E-state index is 9.17. The van der Waals surface area contributed by atoms with Crippen molar-refractivity contribution in [1.82, 2.24) is 0 Å². The van der Waals surface area contributed by atoms with Gasteiger partial charge in [-0.05, 0) is 35.9 Å². The van der Waals surface area contributed by atoms with Gasteiger partial charge in [-0.1, -0.05) is 28.1 Å². The largest absolute Gasteiger partial charge is 0.369 e. The lowest BCUT2D eigenvalue weighted by Gasteiger charge is -2.21. The SMILES string of the molecule is CN(Cc1cccc(C#N)c1)c1cc(Br)ccc1C#N. The van der Waals surface area contributed by atoms with Gasteiger partial charge >= 0.3 is 0 Å². The summed E-state index contributed by atoms with van der Waals surface area (Å²) >= 11 is 3.42. The summed E-state index contributed by atoms with van der Waals surface area (Å²) in [6, 6.07) is 17.4. The van der Waals surface area contributed by atoms with Crippen LogP contribution in [-0.2, 0) is 6.54 Å². The minimum absolute atomic E-state index is 0.632. The molecule has 0 aliphatic carbocycles. The van der Waals surface area contributed by atoms with E-state index in [9.17, 15) is 5.26 Å². The molecule has 0 fully saturated rings. The Morgan fingerprint density at radius 1 is 1.10 bits per heavy atom. The standard InChI is InChI=1S/C16H12BrN3/c1-20(11-13-4-2-3-12(7-13)9-18)16-8-15(17)6-5-14(16)10-19/h2-8H,11H2,1H3. The molecule has 0 aromatic heterocycles. The van der Waals surface area contributed by atoms with Crippen LogP contribution in [0, 0.1) is 22.7 Å². The van der Waals surface area contributed by atoms with E-state index in [1.54, 1.807) is 12.1 Å². The molecule has 20 heavy (non-hydrogen) atoms. The fraction of sp³-hybridized carbons (Fsp3) is 0.125. The van der Waals surface area contributed by atoms with Gasteiger partial charge in [0.25, 0.3) is 0 Å². The van der Waals surface area contributed by atoms with Gasteiger partial charge < -0.3 is 4.90 Å². The predicted octanol–water partition coefficient (Wildman–Crippen LogP) is 3.83. The molecule has 4 heteroatoms. The Kier molecular flexibility index (Phi) is 4.40. The first-order valence-electron chi connectivity index (χ1n) is 6.04. The van der Waals surface area contributed by atoms with E-state index < -0.39 is 0 Å². The van der Waals surface area contributed by atoms with Crippen molar-refractivity contribution < 1.29 is 0 Å². The highest BCUT2D eigenvalue weighted by molar-refractivity contribution is 9.10. The molecule has 0 saturated heterocycles. The molecule has 0 aliphatic rings. The van der Waals surface area contributed by atoms with Gasteiger partial charge in [0.1, 0.15) is 6.07 Å². The third-order valence-electron chi connectivity index (χ3n) is 2.97. The first-order valence-corrected chi connectivity index (χ1v) is 6.83. The number of nitriles is 2. The number of nitrogens with zero attached hydrogens (tertiary/aromatic N) is 3. The molecule has 2 aromatic rings. The average Bonchev–Trinajstić information content (AvgIpc) is 2.47. The number of halogens is 1. The normalized spacial score (nSPS) is 9.60. The van der Waals surface area contributed by atoms with E-state index in [1.807, 2.05) is 42.3 Å². The second-order valence-electron chi connectivity index (χ2n) is 4.44. The highest BCUT2D eigenvalue weighted by Gasteiger charge is 2.09. The molecule has 0 amide bonds. The Hall–Kier alpha value is -2.30. The molecule has 0 spiro atoms. The zero-order valence-corrected chi connectivity index (χ0v) is 12.6. The Morgan fingerprint density at radius 2 is 1.90 bits per heavy atom. The highest BCUT2D eigenvalue weighted by atomic mass is 79.9. The van der Waals surface area contributed by atoms with E-state index in [1.165, 1.54) is 0 Å². The van der Waals surface area contributed by atoms with Crippen LogP contribution in [0.3, 0.4) is 0 Å². The molecule has 0 saturated carbocycles. The summed E-state index contributed by atoms with van der Waals surface area (Å²) in [6.45, 7) is 0.640. The summed E-state index contributed by atoms with van der Waals surface area (Å²) in [7, 11) is 1.93. The summed E-state index contributed by atoms with van der Waals surface area (Å²) in [5.41, 5.74) is 3.18. The zero-order valence-electron chi connectivity index (χ0n) is 11.0. The zero-order chi connectivity index (χ0) is 14.5. The summed E-state index contributed by atoms with van der Waals surface area (Å²) in [4.78, 5) is 2.00. The van der Waals surface area contributed by atoms with E-state index in [0.717, 1.165) is 15.7 Å². The van der Waals surface area contributed by atoms with Gasteiger partial charge in [0.2, 0.25) is 0 Å². The van der Waals surface area contributed by atoms with E-state index >= 15 is 0 Å².